The fourth-order valence-electron chi connectivity index (χ4n) is 2.26. The summed E-state index contributed by atoms with van der Waals surface area (Å²) in [6.45, 7) is 5.95. The van der Waals surface area contributed by atoms with Crippen molar-refractivity contribution in [2.45, 2.75) is 39.2 Å². The highest BCUT2D eigenvalue weighted by molar-refractivity contribution is 5.87. The summed E-state index contributed by atoms with van der Waals surface area (Å²) in [5, 5.41) is 11.6. The van der Waals surface area contributed by atoms with Crippen LogP contribution in [-0.4, -0.2) is 17.0 Å². The van der Waals surface area contributed by atoms with Gasteiger partial charge in [-0.2, -0.15) is 0 Å². The lowest BCUT2D eigenvalue weighted by molar-refractivity contribution is -0.125. The summed E-state index contributed by atoms with van der Waals surface area (Å²) < 4.78 is 5.13. The zero-order chi connectivity index (χ0) is 17.0. The summed E-state index contributed by atoms with van der Waals surface area (Å²) in [7, 11) is 0. The molecule has 1 aromatic heterocycles. The molecule has 122 valence electrons. The SMILES string of the molecule is CCc1ccc(C(C)(C)C(=O)NCc2ccc(C(=O)O)o2)cc1. The molecule has 5 nitrogen and oxygen atoms in total. The Morgan fingerprint density at radius 2 is 1.78 bits per heavy atom. The first kappa shape index (κ1) is 16.8. The van der Waals surface area contributed by atoms with Gasteiger partial charge in [-0.15, -0.1) is 0 Å². The number of hydrogen-bond acceptors (Lipinski definition) is 3. The van der Waals surface area contributed by atoms with Crippen molar-refractivity contribution in [1.82, 2.24) is 5.32 Å². The van der Waals surface area contributed by atoms with E-state index in [1.165, 1.54) is 11.6 Å². The average Bonchev–Trinajstić information content (AvgIpc) is 3.01. The van der Waals surface area contributed by atoms with Crippen molar-refractivity contribution in [2.24, 2.45) is 0 Å². The molecule has 23 heavy (non-hydrogen) atoms. The molecule has 0 radical (unpaired) electrons. The number of benzene rings is 1. The van der Waals surface area contributed by atoms with E-state index in [0.717, 1.165) is 12.0 Å². The van der Waals surface area contributed by atoms with E-state index in [9.17, 15) is 9.59 Å². The van der Waals surface area contributed by atoms with Crippen LogP contribution in [0.4, 0.5) is 0 Å². The topological polar surface area (TPSA) is 79.5 Å². The zero-order valence-corrected chi connectivity index (χ0v) is 13.6. The molecule has 0 fully saturated rings. The first-order chi connectivity index (χ1) is 10.8. The molecule has 1 amide bonds. The van der Waals surface area contributed by atoms with Crippen LogP contribution >= 0.6 is 0 Å². The number of amides is 1. The van der Waals surface area contributed by atoms with E-state index < -0.39 is 11.4 Å². The van der Waals surface area contributed by atoms with Crippen LogP contribution < -0.4 is 5.32 Å². The van der Waals surface area contributed by atoms with Gasteiger partial charge < -0.3 is 14.8 Å². The number of aromatic carboxylic acids is 1. The lowest BCUT2D eigenvalue weighted by Gasteiger charge is -2.24. The summed E-state index contributed by atoms with van der Waals surface area (Å²) in [4.78, 5) is 23.2. The minimum absolute atomic E-state index is 0.135. The van der Waals surface area contributed by atoms with E-state index in [-0.39, 0.29) is 18.2 Å². The molecule has 1 heterocycles. The number of nitrogens with one attached hydrogen (secondary N) is 1. The minimum Gasteiger partial charge on any atom is -0.475 e. The Bertz CT molecular complexity index is 698. The maximum atomic E-state index is 12.5. The molecule has 0 aliphatic carbocycles. The molecule has 0 spiro atoms. The summed E-state index contributed by atoms with van der Waals surface area (Å²) in [5.41, 5.74) is 1.47. The number of carbonyl (C=O) groups excluding carboxylic acids is 1. The maximum absolute atomic E-state index is 12.5. The van der Waals surface area contributed by atoms with Gasteiger partial charge in [0.1, 0.15) is 5.76 Å². The predicted molar refractivity (Wildman–Crippen MR) is 86.4 cm³/mol. The molecule has 2 rings (SSSR count). The monoisotopic (exact) mass is 315 g/mol. The molecule has 2 aromatic rings. The average molecular weight is 315 g/mol. The van der Waals surface area contributed by atoms with Gasteiger partial charge in [-0.25, -0.2) is 4.79 Å². The Morgan fingerprint density at radius 1 is 1.13 bits per heavy atom. The van der Waals surface area contributed by atoms with Crippen molar-refractivity contribution in [2.75, 3.05) is 0 Å². The van der Waals surface area contributed by atoms with E-state index in [4.69, 9.17) is 9.52 Å². The van der Waals surface area contributed by atoms with Crippen molar-refractivity contribution in [3.05, 3.63) is 59.0 Å². The van der Waals surface area contributed by atoms with Gasteiger partial charge in [-0.05, 0) is 43.5 Å². The molecule has 0 bridgehead atoms. The summed E-state index contributed by atoms with van der Waals surface area (Å²) in [6, 6.07) is 10.9. The molecule has 0 saturated heterocycles. The van der Waals surface area contributed by atoms with Crippen LogP contribution in [0.5, 0.6) is 0 Å². The molecule has 0 unspecified atom stereocenters. The van der Waals surface area contributed by atoms with E-state index in [1.807, 2.05) is 38.1 Å². The second-order valence-corrected chi connectivity index (χ2v) is 5.93. The van der Waals surface area contributed by atoms with Gasteiger partial charge in [-0.3, -0.25) is 4.79 Å². The summed E-state index contributed by atoms with van der Waals surface area (Å²) in [5.74, 6) is -0.995. The smallest absolute Gasteiger partial charge is 0.371 e. The third kappa shape index (κ3) is 3.80. The molecular weight excluding hydrogens is 294 g/mol. The highest BCUT2D eigenvalue weighted by atomic mass is 16.4. The number of carbonyl (C=O) groups is 2. The number of hydrogen-bond donors (Lipinski definition) is 2. The Kier molecular flexibility index (Phi) is 4.89. The van der Waals surface area contributed by atoms with Crippen LogP contribution in [0, 0.1) is 0 Å². The van der Waals surface area contributed by atoms with E-state index in [1.54, 1.807) is 6.07 Å². The normalized spacial score (nSPS) is 11.3. The van der Waals surface area contributed by atoms with Gasteiger partial charge in [-0.1, -0.05) is 31.2 Å². The second-order valence-electron chi connectivity index (χ2n) is 5.93. The fraction of sp³-hybridized carbons (Fsp3) is 0.333. The Hall–Kier alpha value is -2.56. The highest BCUT2D eigenvalue weighted by Crippen LogP contribution is 2.24. The van der Waals surface area contributed by atoms with Crippen LogP contribution in [0.1, 0.15) is 48.2 Å². The van der Waals surface area contributed by atoms with Gasteiger partial charge in [0.2, 0.25) is 11.7 Å². The molecular formula is C18H21NO4. The molecule has 1 aromatic carbocycles. The molecule has 0 aliphatic rings. The van der Waals surface area contributed by atoms with Crippen molar-refractivity contribution in [1.29, 1.82) is 0 Å². The zero-order valence-electron chi connectivity index (χ0n) is 13.6. The quantitative estimate of drug-likeness (QED) is 0.858. The lowest BCUT2D eigenvalue weighted by atomic mass is 9.83. The number of carboxylic acids is 1. The summed E-state index contributed by atoms with van der Waals surface area (Å²) in [6.07, 6.45) is 0.956. The molecule has 0 saturated carbocycles. The van der Waals surface area contributed by atoms with Crippen LogP contribution in [-0.2, 0) is 23.2 Å². The molecule has 0 aliphatic heterocycles. The van der Waals surface area contributed by atoms with Crippen molar-refractivity contribution in [3.8, 4) is 0 Å². The minimum atomic E-state index is -1.13. The molecule has 0 atom stereocenters. The maximum Gasteiger partial charge on any atom is 0.371 e. The Balaban J connectivity index is 2.03. The van der Waals surface area contributed by atoms with E-state index in [0.29, 0.717) is 5.76 Å². The highest BCUT2D eigenvalue weighted by Gasteiger charge is 2.29. The van der Waals surface area contributed by atoms with Crippen molar-refractivity contribution < 1.29 is 19.1 Å². The number of carboxylic acid groups (broad SMARTS) is 1. The Morgan fingerprint density at radius 3 is 2.30 bits per heavy atom. The van der Waals surface area contributed by atoms with Crippen molar-refractivity contribution >= 4 is 11.9 Å². The Labute approximate surface area is 135 Å². The van der Waals surface area contributed by atoms with Crippen LogP contribution in [0.3, 0.4) is 0 Å². The molecule has 2 N–H and O–H groups in total. The van der Waals surface area contributed by atoms with Gasteiger partial charge in [0.15, 0.2) is 0 Å². The number of rotatable bonds is 6. The van der Waals surface area contributed by atoms with Crippen molar-refractivity contribution in [3.63, 3.8) is 0 Å². The molecule has 5 heteroatoms. The summed E-state index contributed by atoms with van der Waals surface area (Å²) >= 11 is 0. The van der Waals surface area contributed by atoms with Gasteiger partial charge >= 0.3 is 5.97 Å². The number of aryl methyl sites for hydroxylation is 1. The van der Waals surface area contributed by atoms with Gasteiger partial charge in [0, 0.05) is 0 Å². The second kappa shape index (κ2) is 6.69. The predicted octanol–water partition coefficient (Wildman–Crippen LogP) is 3.13. The number of furan rings is 1. The standard InChI is InChI=1S/C18H21NO4/c1-4-12-5-7-13(8-6-12)18(2,3)17(22)19-11-14-9-10-15(23-14)16(20)21/h5-10H,4,11H2,1-3H3,(H,19,22)(H,20,21). The lowest BCUT2D eigenvalue weighted by Crippen LogP contribution is -2.39. The van der Waals surface area contributed by atoms with Crippen LogP contribution in [0.2, 0.25) is 0 Å². The largest absolute Gasteiger partial charge is 0.475 e. The fourth-order valence-corrected chi connectivity index (χ4v) is 2.26. The van der Waals surface area contributed by atoms with Crippen LogP contribution in [0.25, 0.3) is 0 Å². The first-order valence-corrected chi connectivity index (χ1v) is 7.54. The first-order valence-electron chi connectivity index (χ1n) is 7.54. The van der Waals surface area contributed by atoms with Gasteiger partial charge in [0.05, 0.1) is 12.0 Å². The third-order valence-electron chi connectivity index (χ3n) is 3.95. The van der Waals surface area contributed by atoms with Gasteiger partial charge in [0.25, 0.3) is 0 Å². The van der Waals surface area contributed by atoms with E-state index >= 15 is 0 Å². The van der Waals surface area contributed by atoms with Crippen LogP contribution in [0.15, 0.2) is 40.8 Å². The third-order valence-corrected chi connectivity index (χ3v) is 3.95. The van der Waals surface area contributed by atoms with E-state index in [2.05, 4.69) is 12.2 Å².